The van der Waals surface area contributed by atoms with Crippen molar-refractivity contribution in [1.82, 2.24) is 19.9 Å². The van der Waals surface area contributed by atoms with Crippen LogP contribution in [0.1, 0.15) is 36.1 Å². The van der Waals surface area contributed by atoms with Crippen LogP contribution in [-0.4, -0.2) is 38.8 Å². The molecule has 0 radical (unpaired) electrons. The van der Waals surface area contributed by atoms with Gasteiger partial charge in [0.2, 0.25) is 11.9 Å². The number of aromatic nitrogens is 4. The highest BCUT2D eigenvalue weighted by Gasteiger charge is 2.29. The molecule has 3 aromatic rings. The number of carbonyl (C=O) groups excluding carboxylic acids is 1. The highest BCUT2D eigenvalue weighted by Crippen LogP contribution is 2.32. The molecule has 1 saturated heterocycles. The molecule has 1 aliphatic heterocycles. The number of hydrogen-bond acceptors (Lipinski definition) is 9. The van der Waals surface area contributed by atoms with E-state index in [0.29, 0.717) is 35.2 Å². The first kappa shape index (κ1) is 20.4. The van der Waals surface area contributed by atoms with E-state index in [-0.39, 0.29) is 0 Å². The van der Waals surface area contributed by atoms with Crippen molar-refractivity contribution < 1.29 is 4.79 Å². The minimum Gasteiger partial charge on any atom is -0.341 e. The van der Waals surface area contributed by atoms with Crippen LogP contribution >= 0.6 is 23.1 Å². The summed E-state index contributed by atoms with van der Waals surface area (Å²) >= 11 is 3.08. The van der Waals surface area contributed by atoms with Gasteiger partial charge in [-0.1, -0.05) is 12.1 Å². The lowest BCUT2D eigenvalue weighted by atomic mass is 10.1. The van der Waals surface area contributed by atoms with Crippen LogP contribution in [0.4, 0.5) is 17.0 Å². The fourth-order valence-electron chi connectivity index (χ4n) is 3.55. The van der Waals surface area contributed by atoms with Gasteiger partial charge in [0.05, 0.1) is 0 Å². The molecule has 0 amide bonds. The number of anilines is 3. The molecule has 1 aliphatic carbocycles. The fraction of sp³-hybridized carbons (Fsp3) is 0.409. The first-order valence-corrected chi connectivity index (χ1v) is 12.3. The zero-order valence-electron chi connectivity index (χ0n) is 17.4. The predicted molar refractivity (Wildman–Crippen MR) is 123 cm³/mol. The van der Waals surface area contributed by atoms with Crippen LogP contribution in [0.5, 0.6) is 0 Å². The van der Waals surface area contributed by atoms with E-state index >= 15 is 0 Å². The van der Waals surface area contributed by atoms with Gasteiger partial charge in [-0.05, 0) is 62.1 Å². The molecule has 1 aromatic carbocycles. The molecule has 1 saturated carbocycles. The number of Topliss-reactive ketones (excluding diaryl/α,β-unsaturated/α-hetero) is 1. The number of hydrogen-bond donors (Lipinski definition) is 1. The molecule has 0 unspecified atom stereocenters. The normalized spacial score (nSPS) is 16.0. The third-order valence-electron chi connectivity index (χ3n) is 5.38. The van der Waals surface area contributed by atoms with Gasteiger partial charge in [0.25, 0.3) is 0 Å². The number of carbonyl (C=O) groups is 1. The minimum absolute atomic E-state index is 0.302. The topological polar surface area (TPSA) is 83.9 Å². The molecule has 0 atom stereocenters. The fourth-order valence-corrected chi connectivity index (χ4v) is 4.95. The number of nitrogens with zero attached hydrogens (tertiary/aromatic N) is 5. The molecule has 2 fully saturated rings. The lowest BCUT2D eigenvalue weighted by Crippen LogP contribution is -2.21. The summed E-state index contributed by atoms with van der Waals surface area (Å²) < 4.78 is 0. The second-order valence-corrected chi connectivity index (χ2v) is 10.3. The van der Waals surface area contributed by atoms with Gasteiger partial charge in [0.1, 0.15) is 5.78 Å². The Bertz CT molecular complexity index is 1070. The maximum atomic E-state index is 12.1. The highest BCUT2D eigenvalue weighted by molar-refractivity contribution is 7.99. The maximum Gasteiger partial charge on any atom is 0.234 e. The van der Waals surface area contributed by atoms with Crippen LogP contribution in [0.2, 0.25) is 0 Å². The summed E-state index contributed by atoms with van der Waals surface area (Å²) in [4.78, 5) is 34.8. The summed E-state index contributed by atoms with van der Waals surface area (Å²) in [7, 11) is 0. The summed E-state index contributed by atoms with van der Waals surface area (Å²) in [5.41, 5.74) is 1.07. The number of ketones is 1. The first-order valence-electron chi connectivity index (χ1n) is 10.6. The number of nitrogens with one attached hydrogen (secondary N) is 1. The van der Waals surface area contributed by atoms with Crippen LogP contribution in [-0.2, 0) is 11.2 Å². The average molecular weight is 453 g/mol. The molecule has 0 bridgehead atoms. The number of rotatable bonds is 8. The van der Waals surface area contributed by atoms with Crippen molar-refractivity contribution in [3.05, 3.63) is 40.9 Å². The molecular weight excluding hydrogens is 428 g/mol. The predicted octanol–water partition coefficient (Wildman–Crippen LogP) is 4.65. The first-order chi connectivity index (χ1) is 15.1. The van der Waals surface area contributed by atoms with Gasteiger partial charge >= 0.3 is 0 Å². The molecule has 7 nitrogen and oxygen atoms in total. The quantitative estimate of drug-likeness (QED) is 0.529. The van der Waals surface area contributed by atoms with Gasteiger partial charge in [0, 0.05) is 41.4 Å². The molecule has 0 spiro atoms. The molecule has 2 aliphatic rings. The Balaban J connectivity index is 1.34. The SMILES string of the molecule is Cc1cnc(Nc2nc(Sc3ccc(CC(=O)C4CC4)cc3)nc(N3CCCC3)n2)s1. The Morgan fingerprint density at radius 2 is 1.94 bits per heavy atom. The van der Waals surface area contributed by atoms with Crippen LogP contribution in [0.25, 0.3) is 0 Å². The third-order valence-corrected chi connectivity index (χ3v) is 7.08. The lowest BCUT2D eigenvalue weighted by Gasteiger charge is -2.16. The van der Waals surface area contributed by atoms with Crippen molar-refractivity contribution in [2.75, 3.05) is 23.3 Å². The Morgan fingerprint density at radius 3 is 2.61 bits per heavy atom. The second-order valence-electron chi connectivity index (χ2n) is 8.00. The smallest absolute Gasteiger partial charge is 0.234 e. The summed E-state index contributed by atoms with van der Waals surface area (Å²) in [6.45, 7) is 3.95. The maximum absolute atomic E-state index is 12.1. The average Bonchev–Trinajstić information content (AvgIpc) is 3.31. The van der Waals surface area contributed by atoms with Crippen LogP contribution < -0.4 is 10.2 Å². The molecule has 9 heteroatoms. The van der Waals surface area contributed by atoms with E-state index in [1.165, 1.54) is 11.8 Å². The Kier molecular flexibility index (Phi) is 5.87. The number of aryl methyl sites for hydroxylation is 1. The summed E-state index contributed by atoms with van der Waals surface area (Å²) in [5, 5.41) is 4.65. The summed E-state index contributed by atoms with van der Waals surface area (Å²) in [5.74, 6) is 1.88. The molecule has 5 rings (SSSR count). The monoisotopic (exact) mass is 452 g/mol. The van der Waals surface area contributed by atoms with Crippen LogP contribution in [0, 0.1) is 12.8 Å². The van der Waals surface area contributed by atoms with E-state index in [1.54, 1.807) is 11.3 Å². The van der Waals surface area contributed by atoms with Crippen molar-refractivity contribution in [1.29, 1.82) is 0 Å². The van der Waals surface area contributed by atoms with Crippen molar-refractivity contribution in [2.45, 2.75) is 49.1 Å². The molecular formula is C22H24N6OS2. The molecule has 31 heavy (non-hydrogen) atoms. The molecule has 2 aromatic heterocycles. The van der Waals surface area contributed by atoms with Gasteiger partial charge in [0.15, 0.2) is 10.3 Å². The van der Waals surface area contributed by atoms with Crippen molar-refractivity contribution in [2.24, 2.45) is 5.92 Å². The second kappa shape index (κ2) is 8.92. The van der Waals surface area contributed by atoms with E-state index in [2.05, 4.69) is 25.2 Å². The lowest BCUT2D eigenvalue weighted by molar-refractivity contribution is -0.119. The number of thiazole rings is 1. The zero-order valence-corrected chi connectivity index (χ0v) is 19.0. The van der Waals surface area contributed by atoms with Crippen molar-refractivity contribution >= 4 is 45.9 Å². The Morgan fingerprint density at radius 1 is 1.16 bits per heavy atom. The van der Waals surface area contributed by atoms with E-state index in [0.717, 1.165) is 59.2 Å². The Labute approximate surface area is 189 Å². The van der Waals surface area contributed by atoms with E-state index < -0.39 is 0 Å². The van der Waals surface area contributed by atoms with Gasteiger partial charge in [-0.15, -0.1) is 11.3 Å². The van der Waals surface area contributed by atoms with Crippen LogP contribution in [0.3, 0.4) is 0 Å². The summed E-state index contributed by atoms with van der Waals surface area (Å²) in [6, 6.07) is 8.14. The Hall–Kier alpha value is -2.52. The summed E-state index contributed by atoms with van der Waals surface area (Å²) in [6.07, 6.45) is 6.79. The number of benzene rings is 1. The van der Waals surface area contributed by atoms with Crippen molar-refractivity contribution in [3.63, 3.8) is 0 Å². The van der Waals surface area contributed by atoms with Crippen molar-refractivity contribution in [3.8, 4) is 0 Å². The van der Waals surface area contributed by atoms with Gasteiger partial charge in [-0.25, -0.2) is 4.98 Å². The highest BCUT2D eigenvalue weighted by atomic mass is 32.2. The van der Waals surface area contributed by atoms with E-state index in [1.807, 2.05) is 37.4 Å². The zero-order chi connectivity index (χ0) is 21.2. The molecule has 3 heterocycles. The minimum atomic E-state index is 0.302. The van der Waals surface area contributed by atoms with Gasteiger partial charge in [-0.3, -0.25) is 10.1 Å². The van der Waals surface area contributed by atoms with Gasteiger partial charge < -0.3 is 4.90 Å². The van der Waals surface area contributed by atoms with Crippen LogP contribution in [0.15, 0.2) is 40.5 Å². The molecule has 1 N–H and O–H groups in total. The third kappa shape index (κ3) is 5.22. The van der Waals surface area contributed by atoms with E-state index in [4.69, 9.17) is 4.98 Å². The molecule has 160 valence electrons. The standard InChI is InChI=1S/C22H24N6OS2/c1-14-13-23-21(30-14)25-19-24-20(28-10-2-3-11-28)27-22(26-19)31-17-8-4-15(5-9-17)12-18(29)16-6-7-16/h4-5,8-9,13,16H,2-3,6-7,10-12H2,1H3,(H,23,24,25,26,27). The largest absolute Gasteiger partial charge is 0.341 e. The van der Waals surface area contributed by atoms with Gasteiger partial charge in [-0.2, -0.15) is 15.0 Å². The van der Waals surface area contributed by atoms with E-state index in [9.17, 15) is 4.79 Å².